The molecule has 1 saturated heterocycles. The van der Waals surface area contributed by atoms with Crippen LogP contribution in [0.3, 0.4) is 0 Å². The van der Waals surface area contributed by atoms with Crippen LogP contribution < -0.4 is 5.32 Å². The Balaban J connectivity index is 1.73. The van der Waals surface area contributed by atoms with Crippen molar-refractivity contribution in [3.63, 3.8) is 0 Å². The van der Waals surface area contributed by atoms with Crippen LogP contribution in [0.5, 0.6) is 0 Å². The fourth-order valence-corrected chi connectivity index (χ4v) is 3.26. The van der Waals surface area contributed by atoms with E-state index in [1.54, 1.807) is 0 Å². The van der Waals surface area contributed by atoms with Crippen molar-refractivity contribution in [2.45, 2.75) is 52.5 Å². The predicted molar refractivity (Wildman–Crippen MR) is 89.7 cm³/mol. The molecule has 4 nitrogen and oxygen atoms in total. The number of carbonyl (C=O) groups excluding carboxylic acids is 1. The van der Waals surface area contributed by atoms with E-state index >= 15 is 0 Å². The Morgan fingerprint density at radius 2 is 2.09 bits per heavy atom. The Morgan fingerprint density at radius 3 is 2.68 bits per heavy atom. The number of pyridine rings is 1. The maximum absolute atomic E-state index is 12.3. The lowest BCUT2D eigenvalue weighted by Crippen LogP contribution is -2.47. The minimum atomic E-state index is 0.105. The quantitative estimate of drug-likeness (QED) is 0.905. The number of aromatic nitrogens is 1. The van der Waals surface area contributed by atoms with Crippen LogP contribution in [0.4, 0.5) is 4.79 Å². The van der Waals surface area contributed by atoms with Crippen LogP contribution in [-0.2, 0) is 6.42 Å². The summed E-state index contributed by atoms with van der Waals surface area (Å²) in [6, 6.07) is 4.49. The minimum absolute atomic E-state index is 0.105. The first kappa shape index (κ1) is 16.8. The van der Waals surface area contributed by atoms with Gasteiger partial charge in [0.15, 0.2) is 0 Å². The Hall–Kier alpha value is -1.58. The zero-order valence-electron chi connectivity index (χ0n) is 14.1. The van der Waals surface area contributed by atoms with E-state index in [9.17, 15) is 4.79 Å². The molecule has 1 aliphatic heterocycles. The lowest BCUT2D eigenvalue weighted by atomic mass is 9.91. The topological polar surface area (TPSA) is 45.2 Å². The molecule has 1 aromatic rings. The monoisotopic (exact) mass is 303 g/mol. The zero-order valence-corrected chi connectivity index (χ0v) is 14.1. The third kappa shape index (κ3) is 5.32. The standard InChI is InChI=1S/C18H29N3O/c1-14(2)11-15(3)20-18(22)21-9-6-16(7-10-21)12-17-5-4-8-19-13-17/h4-5,8,13-16H,6-7,9-12H2,1-3H3,(H,20,22). The largest absolute Gasteiger partial charge is 0.336 e. The molecule has 0 aromatic carbocycles. The molecule has 1 fully saturated rings. The molecule has 2 amide bonds. The van der Waals surface area contributed by atoms with E-state index in [0.29, 0.717) is 11.8 Å². The molecule has 0 aliphatic carbocycles. The van der Waals surface area contributed by atoms with Gasteiger partial charge in [-0.25, -0.2) is 4.79 Å². The zero-order chi connectivity index (χ0) is 15.9. The van der Waals surface area contributed by atoms with Gasteiger partial charge in [0.05, 0.1) is 0 Å². The van der Waals surface area contributed by atoms with Crippen LogP contribution in [0.2, 0.25) is 0 Å². The summed E-state index contributed by atoms with van der Waals surface area (Å²) in [5.41, 5.74) is 1.30. The SMILES string of the molecule is CC(C)CC(C)NC(=O)N1CCC(Cc2cccnc2)CC1. The van der Waals surface area contributed by atoms with Crippen LogP contribution in [0.1, 0.15) is 45.6 Å². The van der Waals surface area contributed by atoms with Crippen molar-refractivity contribution in [3.05, 3.63) is 30.1 Å². The van der Waals surface area contributed by atoms with Gasteiger partial charge in [-0.2, -0.15) is 0 Å². The number of hydrogen-bond acceptors (Lipinski definition) is 2. The number of nitrogens with zero attached hydrogens (tertiary/aromatic N) is 2. The molecule has 0 spiro atoms. The van der Waals surface area contributed by atoms with Gasteiger partial charge in [-0.05, 0) is 56.1 Å². The van der Waals surface area contributed by atoms with Gasteiger partial charge >= 0.3 is 6.03 Å². The van der Waals surface area contributed by atoms with E-state index in [4.69, 9.17) is 0 Å². The third-order valence-corrected chi connectivity index (χ3v) is 4.34. The number of rotatable bonds is 5. The second-order valence-electron chi connectivity index (χ2n) is 6.98. The van der Waals surface area contributed by atoms with Crippen molar-refractivity contribution >= 4 is 6.03 Å². The van der Waals surface area contributed by atoms with Gasteiger partial charge < -0.3 is 10.2 Å². The van der Waals surface area contributed by atoms with E-state index in [1.807, 2.05) is 23.4 Å². The summed E-state index contributed by atoms with van der Waals surface area (Å²) in [6.45, 7) is 8.20. The average Bonchev–Trinajstić information content (AvgIpc) is 2.48. The number of piperidine rings is 1. The second-order valence-corrected chi connectivity index (χ2v) is 6.98. The molecule has 4 heteroatoms. The molecule has 2 rings (SSSR count). The summed E-state index contributed by atoms with van der Waals surface area (Å²) in [7, 11) is 0. The van der Waals surface area contributed by atoms with E-state index in [-0.39, 0.29) is 12.1 Å². The molecule has 0 radical (unpaired) electrons. The van der Waals surface area contributed by atoms with Crippen molar-refractivity contribution in [1.29, 1.82) is 0 Å². The van der Waals surface area contributed by atoms with Crippen LogP contribution >= 0.6 is 0 Å². The first-order chi connectivity index (χ1) is 10.5. The summed E-state index contributed by atoms with van der Waals surface area (Å²) >= 11 is 0. The van der Waals surface area contributed by atoms with Crippen molar-refractivity contribution in [1.82, 2.24) is 15.2 Å². The Labute approximate surface area is 134 Å². The Bertz CT molecular complexity index is 453. The summed E-state index contributed by atoms with van der Waals surface area (Å²) < 4.78 is 0. The Morgan fingerprint density at radius 1 is 1.36 bits per heavy atom. The molecule has 22 heavy (non-hydrogen) atoms. The van der Waals surface area contributed by atoms with E-state index in [2.05, 4.69) is 37.1 Å². The Kier molecular flexibility index (Phi) is 6.22. The minimum Gasteiger partial charge on any atom is -0.336 e. The van der Waals surface area contributed by atoms with Crippen LogP contribution in [0.25, 0.3) is 0 Å². The highest BCUT2D eigenvalue weighted by Gasteiger charge is 2.23. The van der Waals surface area contributed by atoms with Gasteiger partial charge in [0.2, 0.25) is 0 Å². The molecule has 1 aromatic heterocycles. The molecule has 1 atom stereocenters. The number of carbonyl (C=O) groups is 1. The molecule has 1 unspecified atom stereocenters. The van der Waals surface area contributed by atoms with Crippen LogP contribution in [0, 0.1) is 11.8 Å². The summed E-state index contributed by atoms with van der Waals surface area (Å²) in [6.07, 6.45) is 8.04. The number of nitrogens with one attached hydrogen (secondary N) is 1. The highest BCUT2D eigenvalue weighted by molar-refractivity contribution is 5.74. The molecule has 1 aliphatic rings. The van der Waals surface area contributed by atoms with E-state index < -0.39 is 0 Å². The van der Waals surface area contributed by atoms with Gasteiger partial charge in [0, 0.05) is 31.5 Å². The molecule has 1 N–H and O–H groups in total. The first-order valence-corrected chi connectivity index (χ1v) is 8.49. The maximum Gasteiger partial charge on any atom is 0.317 e. The molecule has 0 bridgehead atoms. The fraction of sp³-hybridized carbons (Fsp3) is 0.667. The van der Waals surface area contributed by atoms with Crippen molar-refractivity contribution in [2.24, 2.45) is 11.8 Å². The van der Waals surface area contributed by atoms with E-state index in [0.717, 1.165) is 38.8 Å². The summed E-state index contributed by atoms with van der Waals surface area (Å²) in [5, 5.41) is 3.12. The summed E-state index contributed by atoms with van der Waals surface area (Å²) in [5.74, 6) is 1.28. The molecular formula is C18H29N3O. The molecular weight excluding hydrogens is 274 g/mol. The molecule has 122 valence electrons. The lowest BCUT2D eigenvalue weighted by Gasteiger charge is -2.33. The van der Waals surface area contributed by atoms with Gasteiger partial charge in [-0.15, -0.1) is 0 Å². The van der Waals surface area contributed by atoms with Crippen molar-refractivity contribution < 1.29 is 4.79 Å². The average molecular weight is 303 g/mol. The van der Waals surface area contributed by atoms with Gasteiger partial charge in [-0.1, -0.05) is 19.9 Å². The fourth-order valence-electron chi connectivity index (χ4n) is 3.26. The molecule has 0 saturated carbocycles. The van der Waals surface area contributed by atoms with Crippen molar-refractivity contribution in [2.75, 3.05) is 13.1 Å². The highest BCUT2D eigenvalue weighted by atomic mass is 16.2. The number of amides is 2. The van der Waals surface area contributed by atoms with Gasteiger partial charge in [0.25, 0.3) is 0 Å². The smallest absolute Gasteiger partial charge is 0.317 e. The number of urea groups is 1. The normalized spacial score (nSPS) is 17.5. The van der Waals surface area contributed by atoms with Crippen molar-refractivity contribution in [3.8, 4) is 0 Å². The maximum atomic E-state index is 12.3. The van der Waals surface area contributed by atoms with Gasteiger partial charge in [-0.3, -0.25) is 4.98 Å². The second kappa shape index (κ2) is 8.16. The lowest BCUT2D eigenvalue weighted by molar-refractivity contribution is 0.166. The molecule has 2 heterocycles. The van der Waals surface area contributed by atoms with E-state index in [1.165, 1.54) is 5.56 Å². The first-order valence-electron chi connectivity index (χ1n) is 8.49. The summed E-state index contributed by atoms with van der Waals surface area (Å²) in [4.78, 5) is 18.4. The highest BCUT2D eigenvalue weighted by Crippen LogP contribution is 2.21. The number of likely N-dealkylation sites (tertiary alicyclic amines) is 1. The third-order valence-electron chi connectivity index (χ3n) is 4.34. The number of hydrogen-bond donors (Lipinski definition) is 1. The van der Waals surface area contributed by atoms with Crippen LogP contribution in [-0.4, -0.2) is 35.0 Å². The predicted octanol–water partition coefficient (Wildman–Crippen LogP) is 3.48. The van der Waals surface area contributed by atoms with Gasteiger partial charge in [0.1, 0.15) is 0 Å². The van der Waals surface area contributed by atoms with Crippen LogP contribution in [0.15, 0.2) is 24.5 Å².